The number of phenolic OH excluding ortho intramolecular Hbond substituents is 1. The zero-order valence-corrected chi connectivity index (χ0v) is 9.41. The predicted octanol–water partition coefficient (Wildman–Crippen LogP) is 0.888. The molecule has 0 aromatic heterocycles. The molecule has 0 bridgehead atoms. The van der Waals surface area contributed by atoms with Crippen LogP contribution in [0.4, 0.5) is 11.4 Å². The lowest BCUT2D eigenvalue weighted by Gasteiger charge is -2.07. The molecule has 0 fully saturated rings. The largest absolute Gasteiger partial charge is 0.499 e. The predicted molar refractivity (Wildman–Crippen MR) is 57.1 cm³/mol. The first-order chi connectivity index (χ1) is 8.90. The van der Waals surface area contributed by atoms with Crippen LogP contribution in [0.15, 0.2) is 0 Å². The molecule has 0 radical (unpaired) electrons. The summed E-state index contributed by atoms with van der Waals surface area (Å²) in [6.07, 6.45) is 0. The number of phenols is 1. The van der Waals surface area contributed by atoms with Crippen molar-refractivity contribution in [1.29, 1.82) is 0 Å². The molecule has 2 rings (SSSR count). The molecule has 1 aromatic carbocycles. The van der Waals surface area contributed by atoms with Gasteiger partial charge in [0.1, 0.15) is 6.61 Å². The number of methoxy groups -OCH3 is 1. The Morgan fingerprint density at radius 3 is 2.32 bits per heavy atom. The number of carbonyl (C=O) groups is 1. The summed E-state index contributed by atoms with van der Waals surface area (Å²) < 4.78 is 9.14. The number of ether oxygens (including phenoxy) is 2. The SMILES string of the molecule is COc1c(O)c([N+](=O)[O-])c2c(c1[N+](=O)[O-])C(=O)OC2. The summed E-state index contributed by atoms with van der Waals surface area (Å²) in [5.74, 6) is -2.81. The van der Waals surface area contributed by atoms with Gasteiger partial charge in [-0.2, -0.15) is 0 Å². The number of benzene rings is 1. The van der Waals surface area contributed by atoms with Crippen molar-refractivity contribution in [1.82, 2.24) is 0 Å². The van der Waals surface area contributed by atoms with Crippen molar-refractivity contribution in [2.24, 2.45) is 0 Å². The van der Waals surface area contributed by atoms with Crippen molar-refractivity contribution < 1.29 is 29.2 Å². The average Bonchev–Trinajstić information content (AvgIpc) is 2.68. The van der Waals surface area contributed by atoms with E-state index in [1.54, 1.807) is 0 Å². The number of hydrogen-bond donors (Lipinski definition) is 1. The van der Waals surface area contributed by atoms with Gasteiger partial charge in [-0.25, -0.2) is 4.79 Å². The quantitative estimate of drug-likeness (QED) is 0.484. The summed E-state index contributed by atoms with van der Waals surface area (Å²) in [5.41, 5.74) is -2.57. The Bertz CT molecular complexity index is 623. The molecule has 1 heterocycles. The van der Waals surface area contributed by atoms with Crippen LogP contribution in [0.5, 0.6) is 11.5 Å². The second-order valence-electron chi connectivity index (χ2n) is 3.52. The van der Waals surface area contributed by atoms with Gasteiger partial charge in [-0.3, -0.25) is 20.2 Å². The molecule has 0 atom stereocenters. The Hall–Kier alpha value is -2.91. The van der Waals surface area contributed by atoms with E-state index >= 15 is 0 Å². The Balaban J connectivity index is 2.96. The zero-order chi connectivity index (χ0) is 14.3. The van der Waals surface area contributed by atoms with Crippen LogP contribution in [-0.4, -0.2) is 28.0 Å². The molecule has 19 heavy (non-hydrogen) atoms. The van der Waals surface area contributed by atoms with Crippen molar-refractivity contribution in [3.63, 3.8) is 0 Å². The van der Waals surface area contributed by atoms with E-state index in [-0.39, 0.29) is 5.56 Å². The third-order valence-corrected chi connectivity index (χ3v) is 2.60. The van der Waals surface area contributed by atoms with Gasteiger partial charge in [0.05, 0.1) is 22.5 Å². The van der Waals surface area contributed by atoms with Gasteiger partial charge in [0.25, 0.3) is 0 Å². The zero-order valence-electron chi connectivity index (χ0n) is 9.41. The first kappa shape index (κ1) is 12.5. The number of esters is 1. The van der Waals surface area contributed by atoms with Crippen LogP contribution in [-0.2, 0) is 11.3 Å². The highest BCUT2D eigenvalue weighted by molar-refractivity contribution is 6.01. The Morgan fingerprint density at radius 2 is 1.84 bits per heavy atom. The highest BCUT2D eigenvalue weighted by Crippen LogP contribution is 2.50. The monoisotopic (exact) mass is 270 g/mol. The van der Waals surface area contributed by atoms with Crippen molar-refractivity contribution in [3.8, 4) is 11.5 Å². The maximum atomic E-state index is 11.5. The molecule has 0 spiro atoms. The standard InChI is InChI=1S/C9H6N2O8/c1-18-8-6(11(16)17)4-3(2-19-9(4)13)5(7(8)12)10(14)15/h12H,2H2,1H3. The second kappa shape index (κ2) is 4.08. The molecule has 10 heteroatoms. The number of nitro benzene ring substituents is 2. The van der Waals surface area contributed by atoms with Gasteiger partial charge in [-0.1, -0.05) is 0 Å². The van der Waals surface area contributed by atoms with Gasteiger partial charge in [-0.15, -0.1) is 0 Å². The van der Waals surface area contributed by atoms with Crippen molar-refractivity contribution in [3.05, 3.63) is 31.4 Å². The Kier molecular flexibility index (Phi) is 2.70. The van der Waals surface area contributed by atoms with Crippen LogP contribution >= 0.6 is 0 Å². The fraction of sp³-hybridized carbons (Fsp3) is 0.222. The maximum absolute atomic E-state index is 11.5. The lowest BCUT2D eigenvalue weighted by molar-refractivity contribution is -0.391. The molecule has 10 nitrogen and oxygen atoms in total. The minimum atomic E-state index is -1.07. The lowest BCUT2D eigenvalue weighted by Crippen LogP contribution is -2.06. The average molecular weight is 270 g/mol. The van der Waals surface area contributed by atoms with E-state index in [0.717, 1.165) is 7.11 Å². The molecular formula is C9H6N2O8. The van der Waals surface area contributed by atoms with Crippen LogP contribution in [0.1, 0.15) is 15.9 Å². The number of nitrogens with zero attached hydrogens (tertiary/aromatic N) is 2. The third-order valence-electron chi connectivity index (χ3n) is 2.60. The van der Waals surface area contributed by atoms with Gasteiger partial charge < -0.3 is 14.6 Å². The van der Waals surface area contributed by atoms with Crippen molar-refractivity contribution in [2.75, 3.05) is 7.11 Å². The fourth-order valence-corrected chi connectivity index (χ4v) is 1.87. The van der Waals surface area contributed by atoms with Gasteiger partial charge >= 0.3 is 17.3 Å². The minimum absolute atomic E-state index is 0.333. The van der Waals surface area contributed by atoms with E-state index in [1.165, 1.54) is 0 Å². The molecule has 1 aromatic rings. The van der Waals surface area contributed by atoms with E-state index in [9.17, 15) is 30.1 Å². The van der Waals surface area contributed by atoms with Crippen molar-refractivity contribution >= 4 is 17.3 Å². The molecule has 100 valence electrons. The number of rotatable bonds is 3. The van der Waals surface area contributed by atoms with Gasteiger partial charge in [0, 0.05) is 0 Å². The smallest absolute Gasteiger partial charge is 0.346 e. The first-order valence-electron chi connectivity index (χ1n) is 4.81. The number of carbonyl (C=O) groups excluding carboxylic acids is 1. The van der Waals surface area contributed by atoms with Gasteiger partial charge in [-0.05, 0) is 0 Å². The van der Waals surface area contributed by atoms with Gasteiger partial charge in [0.15, 0.2) is 5.56 Å². The molecule has 0 unspecified atom stereocenters. The molecule has 1 aliphatic rings. The minimum Gasteiger partial charge on any atom is -0.499 e. The van der Waals surface area contributed by atoms with E-state index < -0.39 is 50.9 Å². The van der Waals surface area contributed by atoms with Crippen LogP contribution in [0, 0.1) is 20.2 Å². The summed E-state index contributed by atoms with van der Waals surface area (Å²) in [7, 11) is 0.985. The van der Waals surface area contributed by atoms with E-state index in [0.29, 0.717) is 0 Å². The first-order valence-corrected chi connectivity index (χ1v) is 4.81. The Morgan fingerprint density at radius 1 is 1.26 bits per heavy atom. The van der Waals surface area contributed by atoms with E-state index in [2.05, 4.69) is 9.47 Å². The second-order valence-corrected chi connectivity index (χ2v) is 3.52. The highest BCUT2D eigenvalue weighted by atomic mass is 16.6. The number of nitro groups is 2. The van der Waals surface area contributed by atoms with Crippen LogP contribution < -0.4 is 4.74 Å². The topological polar surface area (TPSA) is 142 Å². The molecule has 0 amide bonds. The molecular weight excluding hydrogens is 264 g/mol. The number of fused-ring (bicyclic) bond motifs is 1. The van der Waals surface area contributed by atoms with E-state index in [4.69, 9.17) is 0 Å². The number of aromatic hydroxyl groups is 1. The summed E-state index contributed by atoms with van der Waals surface area (Å²) in [4.78, 5) is 31.4. The number of cyclic esters (lactones) is 1. The van der Waals surface area contributed by atoms with E-state index in [1.807, 2.05) is 0 Å². The van der Waals surface area contributed by atoms with Crippen LogP contribution in [0.25, 0.3) is 0 Å². The molecule has 1 N–H and O–H groups in total. The molecule has 1 aliphatic heterocycles. The van der Waals surface area contributed by atoms with Crippen LogP contribution in [0.2, 0.25) is 0 Å². The fourth-order valence-electron chi connectivity index (χ4n) is 1.87. The summed E-state index contributed by atoms with van der Waals surface area (Å²) >= 11 is 0. The van der Waals surface area contributed by atoms with Crippen LogP contribution in [0.3, 0.4) is 0 Å². The molecule has 0 saturated carbocycles. The Labute approximate surface area is 104 Å². The van der Waals surface area contributed by atoms with Crippen molar-refractivity contribution in [2.45, 2.75) is 6.61 Å². The lowest BCUT2D eigenvalue weighted by atomic mass is 10.0. The summed E-state index contributed by atoms with van der Waals surface area (Å²) in [6.45, 7) is -0.511. The summed E-state index contributed by atoms with van der Waals surface area (Å²) in [5, 5.41) is 31.5. The molecule has 0 saturated heterocycles. The third kappa shape index (κ3) is 1.61. The number of hydrogen-bond acceptors (Lipinski definition) is 8. The molecule has 0 aliphatic carbocycles. The summed E-state index contributed by atoms with van der Waals surface area (Å²) in [6, 6.07) is 0. The maximum Gasteiger partial charge on any atom is 0.346 e. The normalized spacial score (nSPS) is 12.8. The highest BCUT2D eigenvalue weighted by Gasteiger charge is 2.44. The van der Waals surface area contributed by atoms with Gasteiger partial charge in [0.2, 0.25) is 11.5 Å².